The van der Waals surface area contributed by atoms with Crippen molar-refractivity contribution in [2.24, 2.45) is 5.92 Å². The van der Waals surface area contributed by atoms with E-state index in [1.54, 1.807) is 10.7 Å². The number of carbonyl (C=O) groups is 2. The van der Waals surface area contributed by atoms with Crippen molar-refractivity contribution in [1.82, 2.24) is 9.78 Å². The van der Waals surface area contributed by atoms with E-state index in [0.29, 0.717) is 23.3 Å². The van der Waals surface area contributed by atoms with Gasteiger partial charge in [0.2, 0.25) is 0 Å². The minimum absolute atomic E-state index is 0.216. The topological polar surface area (TPSA) is 61.2 Å². The Bertz CT molecular complexity index is 427. The monoisotopic (exact) mass is 272 g/mol. The van der Waals surface area contributed by atoms with Crippen LogP contribution in [-0.4, -0.2) is 28.6 Å². The molecule has 5 nitrogen and oxygen atoms in total. The lowest BCUT2D eigenvalue weighted by Crippen LogP contribution is -2.33. The molecule has 0 bridgehead atoms. The smallest absolute Gasteiger partial charge is 0.316 e. The molecule has 1 atom stereocenters. The Kier molecular flexibility index (Phi) is 2.60. The molecule has 0 fully saturated rings. The Labute approximate surface area is 94.5 Å². The number of methoxy groups -OCH3 is 1. The Balaban J connectivity index is 2.33. The normalized spacial score (nSPS) is 19.9. The van der Waals surface area contributed by atoms with Crippen LogP contribution in [0.25, 0.3) is 0 Å². The highest BCUT2D eigenvalue weighted by Crippen LogP contribution is 2.23. The largest absolute Gasteiger partial charge is 0.468 e. The summed E-state index contributed by atoms with van der Waals surface area (Å²) >= 11 is 3.19. The van der Waals surface area contributed by atoms with Crippen molar-refractivity contribution in [2.75, 3.05) is 7.11 Å². The highest BCUT2D eigenvalue weighted by atomic mass is 79.9. The number of aryl methyl sites for hydroxylation is 1. The van der Waals surface area contributed by atoms with Crippen LogP contribution in [0.3, 0.4) is 0 Å². The van der Waals surface area contributed by atoms with Crippen molar-refractivity contribution < 1.29 is 14.3 Å². The molecule has 0 N–H and O–H groups in total. The van der Waals surface area contributed by atoms with Crippen LogP contribution in [0.1, 0.15) is 16.9 Å². The van der Waals surface area contributed by atoms with Crippen LogP contribution < -0.4 is 0 Å². The first-order valence-corrected chi connectivity index (χ1v) is 5.28. The number of ether oxygens (including phenoxy) is 1. The molecule has 1 unspecified atom stereocenters. The molecule has 80 valence electrons. The van der Waals surface area contributed by atoms with Gasteiger partial charge in [-0.25, -0.2) is 0 Å². The van der Waals surface area contributed by atoms with Crippen molar-refractivity contribution in [3.63, 3.8) is 0 Å². The summed E-state index contributed by atoms with van der Waals surface area (Å²) in [6.07, 6.45) is 0.451. The molecule has 0 amide bonds. The average Bonchev–Trinajstić information content (AvgIpc) is 2.59. The number of hydrogen-bond acceptors (Lipinski definition) is 4. The summed E-state index contributed by atoms with van der Waals surface area (Å²) in [5.74, 6) is -1.36. The summed E-state index contributed by atoms with van der Waals surface area (Å²) in [6.45, 7) is 0.562. The zero-order valence-corrected chi connectivity index (χ0v) is 9.65. The first-order chi connectivity index (χ1) is 7.13. The van der Waals surface area contributed by atoms with Gasteiger partial charge in [-0.2, -0.15) is 5.10 Å². The van der Waals surface area contributed by atoms with Crippen molar-refractivity contribution in [3.8, 4) is 0 Å². The zero-order valence-electron chi connectivity index (χ0n) is 8.07. The van der Waals surface area contributed by atoms with Crippen LogP contribution in [0.4, 0.5) is 0 Å². The number of rotatable bonds is 1. The molecule has 15 heavy (non-hydrogen) atoms. The number of Topliss-reactive ketones (excluding diaryl/α,β-unsaturated/α-hetero) is 1. The summed E-state index contributed by atoms with van der Waals surface area (Å²) in [5.41, 5.74) is 0.462. The number of fused-ring (bicyclic) bond motifs is 1. The summed E-state index contributed by atoms with van der Waals surface area (Å²) in [7, 11) is 1.29. The zero-order chi connectivity index (χ0) is 11.0. The number of esters is 1. The van der Waals surface area contributed by atoms with Crippen molar-refractivity contribution in [3.05, 3.63) is 16.4 Å². The number of halogens is 1. The quantitative estimate of drug-likeness (QED) is 0.566. The van der Waals surface area contributed by atoms with Crippen LogP contribution in [0, 0.1) is 5.92 Å². The van der Waals surface area contributed by atoms with Gasteiger partial charge in [0.25, 0.3) is 0 Å². The van der Waals surface area contributed by atoms with Crippen LogP contribution in [0.15, 0.2) is 10.7 Å². The first kappa shape index (κ1) is 10.4. The van der Waals surface area contributed by atoms with Crippen molar-refractivity contribution >= 4 is 27.7 Å². The van der Waals surface area contributed by atoms with Gasteiger partial charge in [0.15, 0.2) is 5.78 Å². The Morgan fingerprint density at radius 1 is 1.73 bits per heavy atom. The van der Waals surface area contributed by atoms with Gasteiger partial charge in [-0.05, 0) is 22.4 Å². The lowest BCUT2D eigenvalue weighted by Gasteiger charge is -2.19. The highest BCUT2D eigenvalue weighted by molar-refractivity contribution is 9.10. The molecule has 2 heterocycles. The van der Waals surface area contributed by atoms with E-state index >= 15 is 0 Å². The number of nitrogens with zero attached hydrogens (tertiary/aromatic N) is 2. The van der Waals surface area contributed by atoms with E-state index < -0.39 is 11.9 Å². The molecule has 0 spiro atoms. The Hall–Kier alpha value is -1.17. The van der Waals surface area contributed by atoms with Gasteiger partial charge < -0.3 is 4.74 Å². The Morgan fingerprint density at radius 3 is 3.13 bits per heavy atom. The molecule has 1 aliphatic heterocycles. The minimum atomic E-state index is -0.675. The van der Waals surface area contributed by atoms with Gasteiger partial charge in [-0.15, -0.1) is 0 Å². The van der Waals surface area contributed by atoms with Crippen LogP contribution in [-0.2, 0) is 16.1 Å². The summed E-state index contributed by atoms with van der Waals surface area (Å²) in [5, 5.41) is 4.08. The standard InChI is InChI=1S/C9H9BrN2O3/c1-15-9(14)5-2-3-12-6(8(5)13)4-7(10)11-12/h4-5H,2-3H2,1H3. The molecule has 1 aliphatic rings. The fourth-order valence-electron chi connectivity index (χ4n) is 1.68. The molecule has 0 aliphatic carbocycles. The number of hydrogen-bond donors (Lipinski definition) is 0. The van der Waals surface area contributed by atoms with Gasteiger partial charge in [-0.3, -0.25) is 14.3 Å². The van der Waals surface area contributed by atoms with Gasteiger partial charge in [-0.1, -0.05) is 0 Å². The molecule has 0 saturated heterocycles. The third-order valence-corrected chi connectivity index (χ3v) is 2.82. The molecule has 1 aromatic heterocycles. The molecular formula is C9H9BrN2O3. The lowest BCUT2D eigenvalue weighted by atomic mass is 9.95. The van der Waals surface area contributed by atoms with Crippen molar-refractivity contribution in [1.29, 1.82) is 0 Å². The third-order valence-electron chi connectivity index (χ3n) is 2.43. The second-order valence-corrected chi connectivity index (χ2v) is 4.12. The maximum atomic E-state index is 11.8. The number of carbonyl (C=O) groups excluding carboxylic acids is 2. The molecule has 0 aromatic carbocycles. The van der Waals surface area contributed by atoms with E-state index in [9.17, 15) is 9.59 Å². The maximum absolute atomic E-state index is 11.8. The molecule has 1 aromatic rings. The molecule has 2 rings (SSSR count). The third kappa shape index (κ3) is 1.69. The average molecular weight is 273 g/mol. The second-order valence-electron chi connectivity index (χ2n) is 3.30. The van der Waals surface area contributed by atoms with Gasteiger partial charge >= 0.3 is 5.97 Å². The van der Waals surface area contributed by atoms with E-state index in [4.69, 9.17) is 0 Å². The minimum Gasteiger partial charge on any atom is -0.468 e. The van der Waals surface area contributed by atoms with Crippen LogP contribution in [0.5, 0.6) is 0 Å². The molecule has 0 radical (unpaired) electrons. The van der Waals surface area contributed by atoms with E-state index in [-0.39, 0.29) is 5.78 Å². The van der Waals surface area contributed by atoms with Gasteiger partial charge in [0.05, 0.1) is 7.11 Å². The van der Waals surface area contributed by atoms with Crippen molar-refractivity contribution in [2.45, 2.75) is 13.0 Å². The second kappa shape index (κ2) is 3.77. The Morgan fingerprint density at radius 2 is 2.47 bits per heavy atom. The van der Waals surface area contributed by atoms with E-state index in [2.05, 4.69) is 25.8 Å². The summed E-state index contributed by atoms with van der Waals surface area (Å²) in [6, 6.07) is 1.62. The summed E-state index contributed by atoms with van der Waals surface area (Å²) < 4.78 is 6.79. The first-order valence-electron chi connectivity index (χ1n) is 4.49. The van der Waals surface area contributed by atoms with E-state index in [1.807, 2.05) is 0 Å². The van der Waals surface area contributed by atoms with E-state index in [0.717, 1.165) is 0 Å². The fourth-order valence-corrected chi connectivity index (χ4v) is 2.09. The van der Waals surface area contributed by atoms with Crippen LogP contribution in [0.2, 0.25) is 0 Å². The predicted octanol–water partition coefficient (Wildman–Crippen LogP) is 1.02. The fraction of sp³-hybridized carbons (Fsp3) is 0.444. The maximum Gasteiger partial charge on any atom is 0.316 e. The predicted molar refractivity (Wildman–Crippen MR) is 54.4 cm³/mol. The highest BCUT2D eigenvalue weighted by Gasteiger charge is 2.34. The van der Waals surface area contributed by atoms with Gasteiger partial charge in [0, 0.05) is 12.6 Å². The summed E-state index contributed by atoms with van der Waals surface area (Å²) in [4.78, 5) is 23.2. The molecule has 0 saturated carbocycles. The molecular weight excluding hydrogens is 264 g/mol. The lowest BCUT2D eigenvalue weighted by molar-refractivity contribution is -0.144. The van der Waals surface area contributed by atoms with E-state index in [1.165, 1.54) is 7.11 Å². The SMILES string of the molecule is COC(=O)C1CCn2nc(Br)cc2C1=O. The van der Waals surface area contributed by atoms with Crippen LogP contribution >= 0.6 is 15.9 Å². The van der Waals surface area contributed by atoms with Gasteiger partial charge in [0.1, 0.15) is 16.2 Å². The number of ketones is 1. The molecule has 6 heteroatoms. The number of aromatic nitrogens is 2.